The van der Waals surface area contributed by atoms with E-state index in [0.29, 0.717) is 5.84 Å². The number of fused-ring (bicyclic) bond motifs is 2. The Hall–Kier alpha value is -2.62. The van der Waals surface area contributed by atoms with E-state index in [9.17, 15) is 0 Å². The first-order valence-corrected chi connectivity index (χ1v) is 6.20. The number of aromatic nitrogens is 2. The molecular weight excluding hydrogens is 236 g/mol. The quantitative estimate of drug-likeness (QED) is 0.695. The van der Waals surface area contributed by atoms with Crippen molar-refractivity contribution in [2.75, 3.05) is 4.90 Å². The lowest BCUT2D eigenvalue weighted by Gasteiger charge is -2.17. The van der Waals surface area contributed by atoms with E-state index in [1.54, 1.807) is 6.33 Å². The van der Waals surface area contributed by atoms with Crippen LogP contribution in [0, 0.1) is 5.41 Å². The molecule has 0 atom stereocenters. The van der Waals surface area contributed by atoms with E-state index in [1.807, 2.05) is 41.3 Å². The van der Waals surface area contributed by atoms with E-state index >= 15 is 0 Å². The molecule has 0 amide bonds. The number of anilines is 1. The van der Waals surface area contributed by atoms with Gasteiger partial charge in [-0.15, -0.1) is 0 Å². The maximum Gasteiger partial charge on any atom is 0.133 e. The van der Waals surface area contributed by atoms with Gasteiger partial charge in [0.1, 0.15) is 5.84 Å². The molecule has 2 aromatic carbocycles. The summed E-state index contributed by atoms with van der Waals surface area (Å²) in [4.78, 5) is 9.35. The Morgan fingerprint density at radius 2 is 2.05 bits per heavy atom. The molecule has 92 valence electrons. The van der Waals surface area contributed by atoms with Crippen molar-refractivity contribution >= 4 is 22.6 Å². The number of amidine groups is 1. The van der Waals surface area contributed by atoms with Gasteiger partial charge in [-0.05, 0) is 23.8 Å². The second kappa shape index (κ2) is 3.68. The molecular formula is C15H12N4. The molecule has 0 saturated heterocycles. The molecule has 1 aromatic heterocycles. The molecule has 0 saturated carbocycles. The molecule has 1 aliphatic heterocycles. The highest BCUT2D eigenvalue weighted by molar-refractivity contribution is 6.12. The summed E-state index contributed by atoms with van der Waals surface area (Å²) in [6.07, 6.45) is 1.69. The third-order valence-corrected chi connectivity index (χ3v) is 3.59. The monoisotopic (exact) mass is 248 g/mol. The molecule has 2 N–H and O–H groups in total. The van der Waals surface area contributed by atoms with Crippen LogP contribution in [0.25, 0.3) is 11.0 Å². The van der Waals surface area contributed by atoms with Crippen molar-refractivity contribution < 1.29 is 0 Å². The standard InChI is InChI=1S/C15H12N4/c16-15-12-4-2-1-3-10(12)8-19(15)11-5-6-13-14(7-11)18-9-17-13/h1-7,9,16H,8H2,(H,17,18). The lowest BCUT2D eigenvalue weighted by atomic mass is 10.1. The van der Waals surface area contributed by atoms with E-state index in [1.165, 1.54) is 5.56 Å². The van der Waals surface area contributed by atoms with Gasteiger partial charge in [-0.3, -0.25) is 5.41 Å². The maximum absolute atomic E-state index is 8.30. The second-order valence-electron chi connectivity index (χ2n) is 4.70. The first kappa shape index (κ1) is 10.3. The highest BCUT2D eigenvalue weighted by atomic mass is 15.2. The molecule has 0 unspecified atom stereocenters. The average molecular weight is 248 g/mol. The highest BCUT2D eigenvalue weighted by Crippen LogP contribution is 2.29. The van der Waals surface area contributed by atoms with Gasteiger partial charge in [0.25, 0.3) is 0 Å². The smallest absolute Gasteiger partial charge is 0.133 e. The van der Waals surface area contributed by atoms with Gasteiger partial charge in [0.15, 0.2) is 0 Å². The lowest BCUT2D eigenvalue weighted by Crippen LogP contribution is -2.22. The number of imidazole rings is 1. The van der Waals surface area contributed by atoms with Gasteiger partial charge in [0.05, 0.1) is 23.9 Å². The fourth-order valence-corrected chi connectivity index (χ4v) is 2.60. The molecule has 1 aliphatic rings. The first-order valence-electron chi connectivity index (χ1n) is 6.20. The summed E-state index contributed by atoms with van der Waals surface area (Å²) in [5.74, 6) is 0.564. The SMILES string of the molecule is N=C1c2ccccc2CN1c1ccc2nc[nH]c2c1. The van der Waals surface area contributed by atoms with Crippen molar-refractivity contribution in [2.45, 2.75) is 6.54 Å². The van der Waals surface area contributed by atoms with Crippen LogP contribution in [0.2, 0.25) is 0 Å². The fourth-order valence-electron chi connectivity index (χ4n) is 2.60. The predicted molar refractivity (Wildman–Crippen MR) is 75.5 cm³/mol. The average Bonchev–Trinajstić information content (AvgIpc) is 3.03. The van der Waals surface area contributed by atoms with Gasteiger partial charge in [-0.1, -0.05) is 24.3 Å². The van der Waals surface area contributed by atoms with Crippen LogP contribution < -0.4 is 4.90 Å². The minimum Gasteiger partial charge on any atom is -0.345 e. The minimum atomic E-state index is 0.564. The number of H-pyrrole nitrogens is 1. The third-order valence-electron chi connectivity index (χ3n) is 3.59. The summed E-state index contributed by atoms with van der Waals surface area (Å²) in [6.45, 7) is 0.759. The van der Waals surface area contributed by atoms with Crippen LogP contribution >= 0.6 is 0 Å². The van der Waals surface area contributed by atoms with Crippen LogP contribution in [0.1, 0.15) is 11.1 Å². The molecule has 4 heteroatoms. The molecule has 3 aromatic rings. The van der Waals surface area contributed by atoms with Crippen molar-refractivity contribution in [3.63, 3.8) is 0 Å². The molecule has 0 bridgehead atoms. The van der Waals surface area contributed by atoms with Crippen LogP contribution in [0.3, 0.4) is 0 Å². The predicted octanol–water partition coefficient (Wildman–Crippen LogP) is 2.91. The summed E-state index contributed by atoms with van der Waals surface area (Å²) in [6, 6.07) is 14.1. The number of rotatable bonds is 1. The van der Waals surface area contributed by atoms with Gasteiger partial charge >= 0.3 is 0 Å². The number of nitrogens with one attached hydrogen (secondary N) is 2. The molecule has 19 heavy (non-hydrogen) atoms. The molecule has 0 radical (unpaired) electrons. The Labute approximate surface area is 110 Å². The Morgan fingerprint density at radius 1 is 1.16 bits per heavy atom. The van der Waals surface area contributed by atoms with E-state index < -0.39 is 0 Å². The van der Waals surface area contributed by atoms with Gasteiger partial charge in [-0.25, -0.2) is 4.98 Å². The Bertz CT molecular complexity index is 787. The largest absolute Gasteiger partial charge is 0.345 e. The summed E-state index contributed by atoms with van der Waals surface area (Å²) in [7, 11) is 0. The van der Waals surface area contributed by atoms with E-state index in [-0.39, 0.29) is 0 Å². The van der Waals surface area contributed by atoms with Crippen LogP contribution in [0.4, 0.5) is 5.69 Å². The van der Waals surface area contributed by atoms with Crippen molar-refractivity contribution in [2.24, 2.45) is 0 Å². The first-order chi connectivity index (χ1) is 9.33. The second-order valence-corrected chi connectivity index (χ2v) is 4.70. The summed E-state index contributed by atoms with van der Waals surface area (Å²) in [5, 5.41) is 8.30. The number of benzene rings is 2. The Morgan fingerprint density at radius 3 is 2.95 bits per heavy atom. The molecule has 2 heterocycles. The Kier molecular flexibility index (Phi) is 2.00. The van der Waals surface area contributed by atoms with Gasteiger partial charge in [-0.2, -0.15) is 0 Å². The molecule has 0 fully saturated rings. The van der Waals surface area contributed by atoms with E-state index in [2.05, 4.69) is 16.0 Å². The van der Waals surface area contributed by atoms with Gasteiger partial charge in [0, 0.05) is 11.3 Å². The van der Waals surface area contributed by atoms with Crippen molar-refractivity contribution in [1.82, 2.24) is 9.97 Å². The van der Waals surface area contributed by atoms with Crippen LogP contribution in [-0.2, 0) is 6.54 Å². The van der Waals surface area contributed by atoms with Crippen molar-refractivity contribution in [3.05, 3.63) is 59.9 Å². The van der Waals surface area contributed by atoms with Crippen molar-refractivity contribution in [1.29, 1.82) is 5.41 Å². The maximum atomic E-state index is 8.30. The molecule has 0 aliphatic carbocycles. The Balaban J connectivity index is 1.80. The fraction of sp³-hybridized carbons (Fsp3) is 0.0667. The zero-order chi connectivity index (χ0) is 12.8. The number of hydrogen-bond acceptors (Lipinski definition) is 2. The zero-order valence-corrected chi connectivity index (χ0v) is 10.2. The molecule has 0 spiro atoms. The summed E-state index contributed by atoms with van der Waals surface area (Å²) in [5.41, 5.74) is 5.20. The van der Waals surface area contributed by atoms with Crippen molar-refractivity contribution in [3.8, 4) is 0 Å². The zero-order valence-electron chi connectivity index (χ0n) is 10.2. The number of nitrogens with zero attached hydrogens (tertiary/aromatic N) is 2. The van der Waals surface area contributed by atoms with E-state index in [4.69, 9.17) is 5.41 Å². The summed E-state index contributed by atoms with van der Waals surface area (Å²) < 4.78 is 0. The van der Waals surface area contributed by atoms with Crippen LogP contribution in [0.5, 0.6) is 0 Å². The van der Waals surface area contributed by atoms with Crippen LogP contribution in [0.15, 0.2) is 48.8 Å². The lowest BCUT2D eigenvalue weighted by molar-refractivity contribution is 1.05. The normalized spacial score (nSPS) is 14.1. The molecule has 4 nitrogen and oxygen atoms in total. The number of hydrogen-bond donors (Lipinski definition) is 2. The highest BCUT2D eigenvalue weighted by Gasteiger charge is 2.24. The summed E-state index contributed by atoms with van der Waals surface area (Å²) >= 11 is 0. The number of aromatic amines is 1. The van der Waals surface area contributed by atoms with Gasteiger partial charge < -0.3 is 9.88 Å². The van der Waals surface area contributed by atoms with Gasteiger partial charge in [0.2, 0.25) is 0 Å². The van der Waals surface area contributed by atoms with E-state index in [0.717, 1.165) is 28.8 Å². The topological polar surface area (TPSA) is 55.8 Å². The third kappa shape index (κ3) is 1.46. The minimum absolute atomic E-state index is 0.564. The van der Waals surface area contributed by atoms with Crippen LogP contribution in [-0.4, -0.2) is 15.8 Å². The molecule has 4 rings (SSSR count).